The number of aromatic hydroxyl groups is 1. The number of carbonyl (C=O) groups excluding carboxylic acids is 3. The molecular weight excluding hydrogens is 498 g/mol. The molecule has 38 heavy (non-hydrogen) atoms. The number of rotatable bonds is 13. The monoisotopic (exact) mass is 535 g/mol. The van der Waals surface area contributed by atoms with Gasteiger partial charge >= 0.3 is 5.97 Å². The fourth-order valence-electron chi connectivity index (χ4n) is 4.13. The predicted octanol–water partition coefficient (Wildman–Crippen LogP) is -2.26. The van der Waals surface area contributed by atoms with Crippen LogP contribution in [-0.2, 0) is 25.6 Å². The molecule has 2 rings (SSSR count). The molecule has 1 aliphatic heterocycles. The van der Waals surface area contributed by atoms with Crippen LogP contribution < -0.4 is 27.8 Å². The van der Waals surface area contributed by atoms with Gasteiger partial charge in [0.2, 0.25) is 17.7 Å². The third-order valence-electron chi connectivity index (χ3n) is 6.18. The van der Waals surface area contributed by atoms with Gasteiger partial charge in [0.05, 0.1) is 12.1 Å². The van der Waals surface area contributed by atoms with E-state index in [0.717, 1.165) is 0 Å². The summed E-state index contributed by atoms with van der Waals surface area (Å²) in [5.41, 5.74) is 17.0. The van der Waals surface area contributed by atoms with Crippen molar-refractivity contribution >= 4 is 29.7 Å². The lowest BCUT2D eigenvalue weighted by atomic mass is 10.0. The molecule has 0 saturated carbocycles. The quantitative estimate of drug-likeness (QED) is 0.0765. The molecule has 0 aromatic heterocycles. The Labute approximate surface area is 220 Å². The Morgan fingerprint density at radius 3 is 2.37 bits per heavy atom. The number of nitrogens with zero attached hydrogens (tertiary/aromatic N) is 2. The number of guanidine groups is 1. The molecule has 5 atom stereocenters. The van der Waals surface area contributed by atoms with E-state index in [1.54, 1.807) is 12.1 Å². The number of nitrogens with two attached hydrogens (primary N) is 3. The second kappa shape index (κ2) is 14.1. The maximum atomic E-state index is 13.4. The molecule has 5 unspecified atom stereocenters. The lowest BCUT2D eigenvalue weighted by Gasteiger charge is -2.29. The summed E-state index contributed by atoms with van der Waals surface area (Å²) < 4.78 is 0. The van der Waals surface area contributed by atoms with Crippen molar-refractivity contribution in [3.05, 3.63) is 29.8 Å². The summed E-state index contributed by atoms with van der Waals surface area (Å²) >= 11 is 0. The Kier molecular flexibility index (Phi) is 11.3. The molecule has 3 amide bonds. The molecule has 11 N–H and O–H groups in total. The first-order valence-corrected chi connectivity index (χ1v) is 12.3. The molecule has 1 fully saturated rings. The van der Waals surface area contributed by atoms with Gasteiger partial charge in [0.15, 0.2) is 5.96 Å². The van der Waals surface area contributed by atoms with Crippen molar-refractivity contribution in [1.29, 1.82) is 0 Å². The SMILES string of the molecule is CC(O)C(NC(=O)C(N)CCCN=C(N)N)C(=O)NC(Cc1ccc(O)cc1)C(=O)N1CCCC1C(=O)O. The Hall–Kier alpha value is -3.91. The zero-order valence-corrected chi connectivity index (χ0v) is 21.2. The van der Waals surface area contributed by atoms with Crippen molar-refractivity contribution in [2.24, 2.45) is 22.2 Å². The third kappa shape index (κ3) is 8.88. The minimum absolute atomic E-state index is 0.0117. The van der Waals surface area contributed by atoms with Gasteiger partial charge in [-0.25, -0.2) is 4.79 Å². The predicted molar refractivity (Wildman–Crippen MR) is 138 cm³/mol. The number of phenolic OH excluding ortho intramolecular Hbond substituents is 1. The molecule has 14 heteroatoms. The van der Waals surface area contributed by atoms with Gasteiger partial charge < -0.3 is 48.1 Å². The Balaban J connectivity index is 2.16. The molecule has 1 aliphatic rings. The smallest absolute Gasteiger partial charge is 0.326 e. The van der Waals surface area contributed by atoms with Crippen LogP contribution in [0.4, 0.5) is 0 Å². The van der Waals surface area contributed by atoms with Crippen molar-refractivity contribution in [3.8, 4) is 5.75 Å². The van der Waals surface area contributed by atoms with E-state index in [1.807, 2.05) is 0 Å². The molecule has 0 bridgehead atoms. The van der Waals surface area contributed by atoms with E-state index in [1.165, 1.54) is 24.0 Å². The van der Waals surface area contributed by atoms with Crippen LogP contribution in [0.15, 0.2) is 29.3 Å². The number of nitrogens with one attached hydrogen (secondary N) is 2. The highest BCUT2D eigenvalue weighted by molar-refractivity contribution is 5.94. The van der Waals surface area contributed by atoms with Gasteiger partial charge in [-0.05, 0) is 50.3 Å². The fraction of sp³-hybridized carbons (Fsp3) is 0.542. The van der Waals surface area contributed by atoms with E-state index in [2.05, 4.69) is 15.6 Å². The molecular formula is C24H37N7O7. The van der Waals surface area contributed by atoms with Gasteiger partial charge in [0.1, 0.15) is 23.9 Å². The standard InChI is InChI=1S/C24H37N7O7/c1-13(32)19(30-20(34)16(25)4-2-10-28-24(26)27)21(35)29-17(12-14-6-8-15(33)9-7-14)22(36)31-11-3-5-18(31)23(37)38/h6-9,13,16-19,32-33H,2-5,10-12,25H2,1H3,(H,29,35)(H,30,34)(H,37,38)(H4,26,27,28). The summed E-state index contributed by atoms with van der Waals surface area (Å²) in [5.74, 6) is -3.37. The van der Waals surface area contributed by atoms with Crippen molar-refractivity contribution in [3.63, 3.8) is 0 Å². The van der Waals surface area contributed by atoms with Crippen molar-refractivity contribution in [2.75, 3.05) is 13.1 Å². The summed E-state index contributed by atoms with van der Waals surface area (Å²) in [5, 5.41) is 34.3. The second-order valence-corrected chi connectivity index (χ2v) is 9.24. The number of phenols is 1. The number of aliphatic hydroxyl groups excluding tert-OH is 1. The summed E-state index contributed by atoms with van der Waals surface area (Å²) in [6, 6.07) is 1.31. The number of hydrogen-bond acceptors (Lipinski definition) is 8. The summed E-state index contributed by atoms with van der Waals surface area (Å²) in [4.78, 5) is 55.8. The number of aliphatic hydroxyl groups is 1. The third-order valence-corrected chi connectivity index (χ3v) is 6.18. The first-order chi connectivity index (χ1) is 17.9. The number of carboxylic acid groups (broad SMARTS) is 1. The highest BCUT2D eigenvalue weighted by Gasteiger charge is 2.39. The Morgan fingerprint density at radius 1 is 1.13 bits per heavy atom. The minimum atomic E-state index is -1.43. The van der Waals surface area contributed by atoms with Crippen LogP contribution in [0.25, 0.3) is 0 Å². The van der Waals surface area contributed by atoms with E-state index in [0.29, 0.717) is 18.4 Å². The number of hydrogen-bond donors (Lipinski definition) is 8. The number of likely N-dealkylation sites (tertiary alicyclic amines) is 1. The lowest BCUT2D eigenvalue weighted by Crippen LogP contribution is -2.60. The van der Waals surface area contributed by atoms with Crippen LogP contribution in [-0.4, -0.2) is 93.2 Å². The largest absolute Gasteiger partial charge is 0.508 e. The van der Waals surface area contributed by atoms with Crippen LogP contribution in [0, 0.1) is 0 Å². The van der Waals surface area contributed by atoms with Crippen molar-refractivity contribution in [1.82, 2.24) is 15.5 Å². The first-order valence-electron chi connectivity index (χ1n) is 12.3. The maximum Gasteiger partial charge on any atom is 0.326 e. The zero-order valence-electron chi connectivity index (χ0n) is 21.2. The fourth-order valence-corrected chi connectivity index (χ4v) is 4.13. The molecule has 0 radical (unpaired) electrons. The van der Waals surface area contributed by atoms with Gasteiger partial charge in [-0.15, -0.1) is 0 Å². The molecule has 210 valence electrons. The summed E-state index contributed by atoms with van der Waals surface area (Å²) in [7, 11) is 0. The molecule has 1 aromatic carbocycles. The van der Waals surface area contributed by atoms with E-state index >= 15 is 0 Å². The average Bonchev–Trinajstić information content (AvgIpc) is 3.35. The molecule has 0 spiro atoms. The number of carboxylic acids is 1. The minimum Gasteiger partial charge on any atom is -0.508 e. The van der Waals surface area contributed by atoms with Crippen molar-refractivity contribution < 1.29 is 34.5 Å². The summed E-state index contributed by atoms with van der Waals surface area (Å²) in [6.45, 7) is 1.77. The number of amides is 3. The highest BCUT2D eigenvalue weighted by atomic mass is 16.4. The van der Waals surface area contributed by atoms with E-state index < -0.39 is 54.0 Å². The maximum absolute atomic E-state index is 13.4. The lowest BCUT2D eigenvalue weighted by molar-refractivity contribution is -0.149. The van der Waals surface area contributed by atoms with Gasteiger partial charge in [-0.3, -0.25) is 19.4 Å². The van der Waals surface area contributed by atoms with Gasteiger partial charge in [-0.2, -0.15) is 0 Å². The van der Waals surface area contributed by atoms with Crippen LogP contribution in [0.2, 0.25) is 0 Å². The normalized spacial score (nSPS) is 18.1. The number of carbonyl (C=O) groups is 4. The summed E-state index contributed by atoms with van der Waals surface area (Å²) in [6.07, 6.45) is 0.0466. The molecule has 1 heterocycles. The van der Waals surface area contributed by atoms with Crippen LogP contribution in [0.5, 0.6) is 5.75 Å². The van der Waals surface area contributed by atoms with Gasteiger partial charge in [0.25, 0.3) is 0 Å². The van der Waals surface area contributed by atoms with E-state index in [9.17, 15) is 34.5 Å². The van der Waals surface area contributed by atoms with Crippen LogP contribution >= 0.6 is 0 Å². The zero-order chi connectivity index (χ0) is 28.4. The molecule has 1 saturated heterocycles. The Morgan fingerprint density at radius 2 is 1.79 bits per heavy atom. The average molecular weight is 536 g/mol. The van der Waals surface area contributed by atoms with Gasteiger partial charge in [0, 0.05) is 19.5 Å². The number of aliphatic carboxylic acids is 1. The molecule has 0 aliphatic carbocycles. The molecule has 14 nitrogen and oxygen atoms in total. The number of aliphatic imine (C=N–C) groups is 1. The topological polar surface area (TPSA) is 247 Å². The first kappa shape index (κ1) is 30.3. The molecule has 1 aromatic rings. The van der Waals surface area contributed by atoms with E-state index in [4.69, 9.17) is 17.2 Å². The van der Waals surface area contributed by atoms with Crippen LogP contribution in [0.1, 0.15) is 38.2 Å². The highest BCUT2D eigenvalue weighted by Crippen LogP contribution is 2.20. The number of benzene rings is 1. The Bertz CT molecular complexity index is 1010. The van der Waals surface area contributed by atoms with E-state index in [-0.39, 0.29) is 44.1 Å². The van der Waals surface area contributed by atoms with Crippen molar-refractivity contribution in [2.45, 2.75) is 69.3 Å². The van der Waals surface area contributed by atoms with Gasteiger partial charge in [-0.1, -0.05) is 12.1 Å². The van der Waals surface area contributed by atoms with Crippen LogP contribution in [0.3, 0.4) is 0 Å². The second-order valence-electron chi connectivity index (χ2n) is 9.24.